The molecule has 0 aliphatic heterocycles. The quantitative estimate of drug-likeness (QED) is 0.869. The van der Waals surface area contributed by atoms with Crippen LogP contribution in [0, 0.1) is 11.3 Å². The van der Waals surface area contributed by atoms with E-state index in [0.717, 1.165) is 5.56 Å². The number of amides is 1. The third kappa shape index (κ3) is 3.07. The zero-order valence-corrected chi connectivity index (χ0v) is 10.00. The highest BCUT2D eigenvalue weighted by atomic mass is 16.3. The van der Waals surface area contributed by atoms with Crippen molar-refractivity contribution in [1.29, 1.82) is 5.26 Å². The van der Waals surface area contributed by atoms with Gasteiger partial charge in [-0.2, -0.15) is 5.26 Å². The van der Waals surface area contributed by atoms with Gasteiger partial charge in [-0.1, -0.05) is 12.1 Å². The van der Waals surface area contributed by atoms with Gasteiger partial charge in [-0.25, -0.2) is 0 Å². The fourth-order valence-corrected chi connectivity index (χ4v) is 1.55. The molecule has 0 saturated heterocycles. The summed E-state index contributed by atoms with van der Waals surface area (Å²) in [6.07, 6.45) is 2.66. The number of nitrogens with zero attached hydrogens (tertiary/aromatic N) is 2. The lowest BCUT2D eigenvalue weighted by molar-refractivity contribution is 0.0948. The summed E-state index contributed by atoms with van der Waals surface area (Å²) >= 11 is 0. The van der Waals surface area contributed by atoms with Crippen molar-refractivity contribution in [2.24, 2.45) is 0 Å². The minimum atomic E-state index is -0.371. The summed E-state index contributed by atoms with van der Waals surface area (Å²) in [5, 5.41) is 20.8. The number of hydrogen-bond acceptors (Lipinski definition) is 4. The second kappa shape index (κ2) is 5.65. The summed E-state index contributed by atoms with van der Waals surface area (Å²) in [4.78, 5) is 15.5. The van der Waals surface area contributed by atoms with Gasteiger partial charge < -0.3 is 10.4 Å². The molecule has 1 amide bonds. The molecule has 1 aromatic heterocycles. The highest BCUT2D eigenvalue weighted by molar-refractivity contribution is 5.96. The predicted octanol–water partition coefficient (Wildman–Crippen LogP) is 1.59. The summed E-state index contributed by atoms with van der Waals surface area (Å²) < 4.78 is 0. The van der Waals surface area contributed by atoms with Gasteiger partial charge >= 0.3 is 0 Å². The number of hydrogen-bond donors (Lipinski definition) is 2. The largest absolute Gasteiger partial charge is 0.505 e. The lowest BCUT2D eigenvalue weighted by atomic mass is 10.1. The lowest BCUT2D eigenvalue weighted by Crippen LogP contribution is -2.22. The second-order valence-corrected chi connectivity index (χ2v) is 3.88. The third-order valence-corrected chi connectivity index (χ3v) is 2.58. The number of aromatic nitrogens is 1. The molecular weight excluding hydrogens is 242 g/mol. The Balaban J connectivity index is 2.01. The lowest BCUT2D eigenvalue weighted by Gasteiger charge is -2.06. The number of nitriles is 1. The number of pyridine rings is 1. The van der Waals surface area contributed by atoms with Gasteiger partial charge in [0.1, 0.15) is 5.75 Å². The zero-order valence-electron chi connectivity index (χ0n) is 10.00. The molecule has 19 heavy (non-hydrogen) atoms. The van der Waals surface area contributed by atoms with Crippen LogP contribution < -0.4 is 5.32 Å². The van der Waals surface area contributed by atoms with E-state index in [4.69, 9.17) is 5.26 Å². The Morgan fingerprint density at radius 1 is 1.32 bits per heavy atom. The molecule has 0 radical (unpaired) electrons. The number of carbonyl (C=O) groups is 1. The molecule has 2 rings (SSSR count). The van der Waals surface area contributed by atoms with Crippen molar-refractivity contribution < 1.29 is 9.90 Å². The molecule has 2 N–H and O–H groups in total. The predicted molar refractivity (Wildman–Crippen MR) is 68.2 cm³/mol. The average molecular weight is 253 g/mol. The first-order valence-corrected chi connectivity index (χ1v) is 5.61. The standard InChI is InChI=1S/C14H11N3O2/c15-7-10-1-3-11(4-2-10)8-17-14(19)12-5-6-16-9-13(12)18/h1-6,9,18H,8H2,(H,17,19). The molecule has 5 nitrogen and oxygen atoms in total. The Morgan fingerprint density at radius 2 is 2.05 bits per heavy atom. The van der Waals surface area contributed by atoms with Crippen LogP contribution in [0.25, 0.3) is 0 Å². The zero-order chi connectivity index (χ0) is 13.7. The number of benzene rings is 1. The van der Waals surface area contributed by atoms with Crippen molar-refractivity contribution in [2.45, 2.75) is 6.54 Å². The first-order chi connectivity index (χ1) is 9.20. The molecule has 5 heteroatoms. The molecule has 0 spiro atoms. The molecule has 0 bridgehead atoms. The van der Waals surface area contributed by atoms with Gasteiger partial charge in [-0.05, 0) is 23.8 Å². The van der Waals surface area contributed by atoms with Crippen molar-refractivity contribution >= 4 is 5.91 Å². The van der Waals surface area contributed by atoms with Crippen LogP contribution in [0.4, 0.5) is 0 Å². The number of rotatable bonds is 3. The minimum absolute atomic E-state index is 0.153. The van der Waals surface area contributed by atoms with Crippen molar-refractivity contribution in [3.8, 4) is 11.8 Å². The van der Waals surface area contributed by atoms with Crippen LogP contribution in [0.2, 0.25) is 0 Å². The van der Waals surface area contributed by atoms with E-state index in [1.54, 1.807) is 24.3 Å². The van der Waals surface area contributed by atoms with Gasteiger partial charge in [-0.15, -0.1) is 0 Å². The van der Waals surface area contributed by atoms with Crippen LogP contribution in [-0.4, -0.2) is 16.0 Å². The van der Waals surface area contributed by atoms with E-state index >= 15 is 0 Å². The molecule has 0 atom stereocenters. The average Bonchev–Trinajstić information content (AvgIpc) is 2.46. The maximum absolute atomic E-state index is 11.8. The van der Waals surface area contributed by atoms with E-state index in [2.05, 4.69) is 10.3 Å². The number of aromatic hydroxyl groups is 1. The van der Waals surface area contributed by atoms with Crippen LogP contribution in [0.1, 0.15) is 21.5 Å². The van der Waals surface area contributed by atoms with Crippen molar-refractivity contribution in [3.63, 3.8) is 0 Å². The summed E-state index contributed by atoms with van der Waals surface area (Å²) in [6.45, 7) is 0.326. The molecule has 94 valence electrons. The summed E-state index contributed by atoms with van der Waals surface area (Å²) in [6, 6.07) is 10.4. The van der Waals surface area contributed by atoms with E-state index in [1.807, 2.05) is 6.07 Å². The molecule has 1 heterocycles. The maximum atomic E-state index is 11.8. The summed E-state index contributed by atoms with van der Waals surface area (Å²) in [5.41, 5.74) is 1.63. The van der Waals surface area contributed by atoms with Gasteiger partial charge in [0.05, 0.1) is 23.4 Å². The monoisotopic (exact) mass is 253 g/mol. The Labute approximate surface area is 110 Å². The Bertz CT molecular complexity index is 630. The van der Waals surface area contributed by atoms with Crippen molar-refractivity contribution in [1.82, 2.24) is 10.3 Å². The Hall–Kier alpha value is -2.87. The molecule has 0 unspecified atom stereocenters. The molecule has 0 fully saturated rings. The van der Waals surface area contributed by atoms with Gasteiger partial charge in [-0.3, -0.25) is 9.78 Å². The smallest absolute Gasteiger partial charge is 0.255 e. The van der Waals surface area contributed by atoms with Crippen molar-refractivity contribution in [2.75, 3.05) is 0 Å². The van der Waals surface area contributed by atoms with Crippen LogP contribution in [-0.2, 0) is 6.54 Å². The second-order valence-electron chi connectivity index (χ2n) is 3.88. The van der Waals surface area contributed by atoms with E-state index in [9.17, 15) is 9.90 Å². The fourth-order valence-electron chi connectivity index (χ4n) is 1.55. The molecule has 0 aliphatic carbocycles. The summed E-state index contributed by atoms with van der Waals surface area (Å²) in [7, 11) is 0. The third-order valence-electron chi connectivity index (χ3n) is 2.58. The number of carbonyl (C=O) groups excluding carboxylic acids is 1. The molecule has 0 saturated carbocycles. The van der Waals surface area contributed by atoms with E-state index in [1.165, 1.54) is 18.5 Å². The van der Waals surface area contributed by atoms with Crippen LogP contribution >= 0.6 is 0 Å². The SMILES string of the molecule is N#Cc1ccc(CNC(=O)c2ccncc2O)cc1. The van der Waals surface area contributed by atoms with Gasteiger partial charge in [0.2, 0.25) is 0 Å². The van der Waals surface area contributed by atoms with Crippen LogP contribution in [0.5, 0.6) is 5.75 Å². The maximum Gasteiger partial charge on any atom is 0.255 e. The Morgan fingerprint density at radius 3 is 2.68 bits per heavy atom. The Kier molecular flexibility index (Phi) is 3.74. The van der Waals surface area contributed by atoms with E-state index in [-0.39, 0.29) is 17.2 Å². The van der Waals surface area contributed by atoms with Crippen LogP contribution in [0.3, 0.4) is 0 Å². The minimum Gasteiger partial charge on any atom is -0.505 e. The highest BCUT2D eigenvalue weighted by Gasteiger charge is 2.09. The van der Waals surface area contributed by atoms with Gasteiger partial charge in [0.25, 0.3) is 5.91 Å². The topological polar surface area (TPSA) is 86.0 Å². The number of nitrogens with one attached hydrogen (secondary N) is 1. The van der Waals surface area contributed by atoms with Crippen LogP contribution in [0.15, 0.2) is 42.7 Å². The normalized spacial score (nSPS) is 9.63. The fraction of sp³-hybridized carbons (Fsp3) is 0.0714. The molecular formula is C14H11N3O2. The summed E-state index contributed by atoms with van der Waals surface area (Å²) in [5.74, 6) is -0.524. The van der Waals surface area contributed by atoms with Gasteiger partial charge in [0.15, 0.2) is 0 Å². The van der Waals surface area contributed by atoms with Crippen molar-refractivity contribution in [3.05, 3.63) is 59.4 Å². The van der Waals surface area contributed by atoms with Gasteiger partial charge in [0, 0.05) is 12.7 Å². The van der Waals surface area contributed by atoms with E-state index < -0.39 is 0 Å². The first-order valence-electron chi connectivity index (χ1n) is 5.61. The molecule has 1 aromatic carbocycles. The molecule has 2 aromatic rings. The highest BCUT2D eigenvalue weighted by Crippen LogP contribution is 2.13. The molecule has 0 aliphatic rings. The first kappa shape index (κ1) is 12.6. The van der Waals surface area contributed by atoms with E-state index in [0.29, 0.717) is 12.1 Å².